The van der Waals surface area contributed by atoms with E-state index in [1.807, 2.05) is 0 Å². The second-order valence-corrected chi connectivity index (χ2v) is 22.4. The van der Waals surface area contributed by atoms with Crippen LogP contribution in [0.15, 0.2) is 24.3 Å². The molecule has 0 aromatic rings. The summed E-state index contributed by atoms with van der Waals surface area (Å²) in [5.74, 6) is -0.0269. The Kier molecular flexibility index (Phi) is 60.5. The molecule has 426 valence electrons. The van der Waals surface area contributed by atoms with Crippen molar-refractivity contribution in [1.82, 2.24) is 5.32 Å². The Morgan fingerprint density at radius 2 is 0.653 bits per heavy atom. The number of hydrogen-bond donors (Lipinski definition) is 3. The molecular weight excluding hydrogens is 887 g/mol. The lowest BCUT2D eigenvalue weighted by Crippen LogP contribution is -2.45. The molecule has 0 radical (unpaired) electrons. The lowest BCUT2D eigenvalue weighted by atomic mass is 10.0. The highest BCUT2D eigenvalue weighted by molar-refractivity contribution is 5.76. The molecule has 0 saturated heterocycles. The van der Waals surface area contributed by atoms with Crippen LogP contribution in [0.1, 0.15) is 361 Å². The number of aliphatic hydroxyl groups excluding tert-OH is 2. The molecule has 0 heterocycles. The van der Waals surface area contributed by atoms with Crippen molar-refractivity contribution >= 4 is 11.9 Å². The highest BCUT2D eigenvalue weighted by Crippen LogP contribution is 2.18. The third kappa shape index (κ3) is 57.6. The number of esters is 1. The van der Waals surface area contributed by atoms with Gasteiger partial charge < -0.3 is 20.3 Å². The summed E-state index contributed by atoms with van der Waals surface area (Å²) in [6.07, 6.45) is 76.4. The van der Waals surface area contributed by atoms with Crippen LogP contribution in [0, 0.1) is 0 Å². The summed E-state index contributed by atoms with van der Waals surface area (Å²) in [6, 6.07) is -0.541. The van der Waals surface area contributed by atoms with Gasteiger partial charge in [-0.25, -0.2) is 0 Å². The minimum Gasteiger partial charge on any atom is -0.466 e. The first-order valence-corrected chi connectivity index (χ1v) is 32.6. The zero-order chi connectivity index (χ0) is 52.2. The maximum Gasteiger partial charge on any atom is 0.305 e. The van der Waals surface area contributed by atoms with Crippen molar-refractivity contribution in [2.45, 2.75) is 373 Å². The number of rotatable bonds is 61. The van der Waals surface area contributed by atoms with Gasteiger partial charge in [0.1, 0.15) is 0 Å². The quantitative estimate of drug-likeness (QED) is 0.0320. The van der Waals surface area contributed by atoms with E-state index in [0.29, 0.717) is 25.9 Å². The molecule has 6 nitrogen and oxygen atoms in total. The Hall–Kier alpha value is -1.66. The van der Waals surface area contributed by atoms with Crippen molar-refractivity contribution in [1.29, 1.82) is 0 Å². The van der Waals surface area contributed by atoms with Gasteiger partial charge in [0.25, 0.3) is 0 Å². The van der Waals surface area contributed by atoms with Crippen molar-refractivity contribution in [2.24, 2.45) is 0 Å². The molecule has 0 aliphatic rings. The van der Waals surface area contributed by atoms with Gasteiger partial charge in [0.05, 0.1) is 25.4 Å². The zero-order valence-corrected chi connectivity index (χ0v) is 48.7. The second-order valence-electron chi connectivity index (χ2n) is 22.4. The van der Waals surface area contributed by atoms with Crippen LogP contribution in [0.4, 0.5) is 0 Å². The molecule has 2 unspecified atom stereocenters. The minimum atomic E-state index is -0.663. The third-order valence-electron chi connectivity index (χ3n) is 15.2. The summed E-state index contributed by atoms with van der Waals surface area (Å²) >= 11 is 0. The number of carbonyl (C=O) groups excluding carboxylic acids is 2. The summed E-state index contributed by atoms with van der Waals surface area (Å²) in [4.78, 5) is 24.5. The van der Waals surface area contributed by atoms with Gasteiger partial charge in [0, 0.05) is 12.8 Å². The molecular formula is C66H127NO5. The highest BCUT2D eigenvalue weighted by Gasteiger charge is 2.20. The molecule has 2 atom stereocenters. The fourth-order valence-electron chi connectivity index (χ4n) is 10.2. The summed E-state index contributed by atoms with van der Waals surface area (Å²) in [6.45, 7) is 4.96. The SMILES string of the molecule is CCCCCCCCC/C=C\CCCCCCCC(=O)OCCCCCCCCCCCCCC/C=C\CCCCCCCCCCCCCC(=O)NC(CO)C(O)CCCCCCCCCCCCCC. The molecule has 72 heavy (non-hydrogen) atoms. The largest absolute Gasteiger partial charge is 0.466 e. The van der Waals surface area contributed by atoms with Crippen LogP contribution in [-0.4, -0.2) is 47.4 Å². The molecule has 0 aromatic heterocycles. The topological polar surface area (TPSA) is 95.9 Å². The predicted molar refractivity (Wildman–Crippen MR) is 315 cm³/mol. The third-order valence-corrected chi connectivity index (χ3v) is 15.2. The summed E-state index contributed by atoms with van der Waals surface area (Å²) in [5, 5.41) is 23.2. The van der Waals surface area contributed by atoms with Gasteiger partial charge >= 0.3 is 5.97 Å². The summed E-state index contributed by atoms with van der Waals surface area (Å²) < 4.78 is 5.49. The fraction of sp³-hybridized carbons (Fsp3) is 0.909. The lowest BCUT2D eigenvalue weighted by Gasteiger charge is -2.22. The lowest BCUT2D eigenvalue weighted by molar-refractivity contribution is -0.143. The minimum absolute atomic E-state index is 0.00811. The van der Waals surface area contributed by atoms with Crippen molar-refractivity contribution in [3.05, 3.63) is 24.3 Å². The van der Waals surface area contributed by atoms with Gasteiger partial charge in [-0.05, 0) is 77.0 Å². The van der Waals surface area contributed by atoms with Crippen LogP contribution < -0.4 is 5.32 Å². The Labute approximate surface area is 450 Å². The monoisotopic (exact) mass is 1010 g/mol. The van der Waals surface area contributed by atoms with E-state index < -0.39 is 12.1 Å². The van der Waals surface area contributed by atoms with Crippen LogP contribution >= 0.6 is 0 Å². The predicted octanol–water partition coefficient (Wildman–Crippen LogP) is 20.6. The smallest absolute Gasteiger partial charge is 0.305 e. The molecule has 1 amide bonds. The highest BCUT2D eigenvalue weighted by atomic mass is 16.5. The van der Waals surface area contributed by atoms with E-state index in [4.69, 9.17) is 4.74 Å². The Balaban J connectivity index is 3.36. The van der Waals surface area contributed by atoms with E-state index in [0.717, 1.165) is 44.9 Å². The molecule has 0 aromatic carbocycles. The number of aliphatic hydroxyl groups is 2. The van der Waals surface area contributed by atoms with Gasteiger partial charge in [-0.2, -0.15) is 0 Å². The first kappa shape index (κ1) is 70.3. The fourth-order valence-corrected chi connectivity index (χ4v) is 10.2. The number of unbranched alkanes of at least 4 members (excludes halogenated alkanes) is 46. The standard InChI is InChI=1S/C66H127NO5/c1-3-5-7-9-11-13-15-17-18-33-36-40-44-48-52-56-60-66(71)72-61-57-53-49-45-41-37-34-31-29-27-25-23-21-19-20-22-24-26-28-30-32-35-39-43-47-51-55-59-65(70)67-63(62-68)64(69)58-54-50-46-42-38-16-14-12-10-8-6-4-2/h18-20,33,63-64,68-69H,3-17,21-32,34-62H2,1-2H3,(H,67,70)/b20-19-,33-18-. The molecule has 6 heteroatoms. The Bertz CT molecular complexity index is 1120. The average molecular weight is 1010 g/mol. The zero-order valence-electron chi connectivity index (χ0n) is 48.7. The number of carbonyl (C=O) groups is 2. The van der Waals surface area contributed by atoms with Crippen molar-refractivity contribution in [3.8, 4) is 0 Å². The van der Waals surface area contributed by atoms with E-state index >= 15 is 0 Å². The molecule has 0 saturated carbocycles. The normalized spacial score (nSPS) is 12.7. The van der Waals surface area contributed by atoms with Crippen LogP contribution in [0.3, 0.4) is 0 Å². The maximum atomic E-state index is 12.5. The number of hydrogen-bond acceptors (Lipinski definition) is 5. The van der Waals surface area contributed by atoms with Crippen LogP contribution in [0.5, 0.6) is 0 Å². The summed E-state index contributed by atoms with van der Waals surface area (Å²) in [5.41, 5.74) is 0. The van der Waals surface area contributed by atoms with Gasteiger partial charge in [-0.15, -0.1) is 0 Å². The second kappa shape index (κ2) is 61.9. The first-order valence-electron chi connectivity index (χ1n) is 32.6. The van der Waals surface area contributed by atoms with Crippen LogP contribution in [0.2, 0.25) is 0 Å². The molecule has 0 bridgehead atoms. The van der Waals surface area contributed by atoms with Gasteiger partial charge in [-0.3, -0.25) is 9.59 Å². The van der Waals surface area contributed by atoms with Gasteiger partial charge in [0.15, 0.2) is 0 Å². The number of ether oxygens (including phenoxy) is 1. The Morgan fingerprint density at radius 1 is 0.375 bits per heavy atom. The average Bonchev–Trinajstić information content (AvgIpc) is 3.38. The van der Waals surface area contributed by atoms with Gasteiger partial charge in [-0.1, -0.05) is 295 Å². The van der Waals surface area contributed by atoms with E-state index in [2.05, 4.69) is 43.5 Å². The number of allylic oxidation sites excluding steroid dienone is 4. The van der Waals surface area contributed by atoms with Gasteiger partial charge in [0.2, 0.25) is 5.91 Å². The molecule has 0 fully saturated rings. The number of amides is 1. The molecule has 0 aliphatic heterocycles. The van der Waals surface area contributed by atoms with E-state index in [1.54, 1.807) is 0 Å². The van der Waals surface area contributed by atoms with Crippen molar-refractivity contribution in [3.63, 3.8) is 0 Å². The Morgan fingerprint density at radius 3 is 0.986 bits per heavy atom. The number of nitrogens with one attached hydrogen (secondary N) is 1. The van der Waals surface area contributed by atoms with Crippen molar-refractivity contribution < 1.29 is 24.5 Å². The van der Waals surface area contributed by atoms with Crippen LogP contribution in [0.25, 0.3) is 0 Å². The maximum absolute atomic E-state index is 12.5. The molecule has 3 N–H and O–H groups in total. The van der Waals surface area contributed by atoms with E-state index in [-0.39, 0.29) is 18.5 Å². The van der Waals surface area contributed by atoms with E-state index in [1.165, 1.54) is 283 Å². The summed E-state index contributed by atoms with van der Waals surface area (Å²) in [7, 11) is 0. The van der Waals surface area contributed by atoms with E-state index in [9.17, 15) is 19.8 Å². The molecule has 0 aliphatic carbocycles. The first-order chi connectivity index (χ1) is 35.5. The van der Waals surface area contributed by atoms with Crippen LogP contribution in [-0.2, 0) is 14.3 Å². The molecule has 0 rings (SSSR count). The van der Waals surface area contributed by atoms with Crippen molar-refractivity contribution in [2.75, 3.05) is 13.2 Å². The molecule has 0 spiro atoms.